The van der Waals surface area contributed by atoms with E-state index in [0.29, 0.717) is 24.9 Å². The SMILES string of the molecule is C=CC(=O)NC1(C)CN(c2nc(Nc3ccc(N4CCN(C)CC4)cc3)c3ncn(C(C)C)c3n2)C1. The summed E-state index contributed by atoms with van der Waals surface area (Å²) < 4.78 is 2.06. The molecular formula is C26H35N9O. The van der Waals surface area contributed by atoms with Crippen LogP contribution in [-0.4, -0.2) is 82.2 Å². The van der Waals surface area contributed by atoms with Crippen LogP contribution in [0.5, 0.6) is 0 Å². The Morgan fingerprint density at radius 3 is 2.42 bits per heavy atom. The minimum absolute atomic E-state index is 0.172. The van der Waals surface area contributed by atoms with Gasteiger partial charge in [-0.15, -0.1) is 0 Å². The number of carbonyl (C=O) groups is 1. The topological polar surface area (TPSA) is 94.5 Å². The number of likely N-dealkylation sites (N-methyl/N-ethyl adjacent to an activating group) is 1. The highest BCUT2D eigenvalue weighted by molar-refractivity contribution is 5.88. The van der Waals surface area contributed by atoms with Crippen LogP contribution >= 0.6 is 0 Å². The van der Waals surface area contributed by atoms with Crippen molar-refractivity contribution in [2.75, 3.05) is 61.4 Å². The second-order valence-electron chi connectivity index (χ2n) is 10.4. The summed E-state index contributed by atoms with van der Waals surface area (Å²) in [5, 5.41) is 6.48. The molecule has 2 saturated heterocycles. The van der Waals surface area contributed by atoms with Crippen molar-refractivity contribution in [3.63, 3.8) is 0 Å². The predicted molar refractivity (Wildman–Crippen MR) is 144 cm³/mol. The number of piperazine rings is 1. The fourth-order valence-corrected chi connectivity index (χ4v) is 4.83. The monoisotopic (exact) mass is 489 g/mol. The molecule has 2 aliphatic heterocycles. The Morgan fingerprint density at radius 1 is 1.08 bits per heavy atom. The van der Waals surface area contributed by atoms with Gasteiger partial charge in [0.1, 0.15) is 0 Å². The van der Waals surface area contributed by atoms with Crippen LogP contribution in [0, 0.1) is 0 Å². The van der Waals surface area contributed by atoms with Crippen molar-refractivity contribution in [1.29, 1.82) is 0 Å². The summed E-state index contributed by atoms with van der Waals surface area (Å²) in [7, 11) is 2.17. The molecule has 3 aromatic rings. The van der Waals surface area contributed by atoms with Crippen LogP contribution in [-0.2, 0) is 4.79 Å². The van der Waals surface area contributed by atoms with Crippen molar-refractivity contribution in [1.82, 2.24) is 29.7 Å². The zero-order valence-corrected chi connectivity index (χ0v) is 21.5. The van der Waals surface area contributed by atoms with E-state index in [1.165, 1.54) is 11.8 Å². The molecule has 0 saturated carbocycles. The normalized spacial score (nSPS) is 17.8. The Balaban J connectivity index is 1.40. The molecule has 4 heterocycles. The Morgan fingerprint density at radius 2 is 1.78 bits per heavy atom. The highest BCUT2D eigenvalue weighted by atomic mass is 16.1. The minimum Gasteiger partial charge on any atom is -0.369 e. The third kappa shape index (κ3) is 4.73. The van der Waals surface area contributed by atoms with E-state index in [1.54, 1.807) is 0 Å². The predicted octanol–water partition coefficient (Wildman–Crippen LogP) is 2.78. The fourth-order valence-electron chi connectivity index (χ4n) is 4.83. The van der Waals surface area contributed by atoms with Crippen LogP contribution in [0.3, 0.4) is 0 Å². The molecule has 2 fully saturated rings. The molecule has 2 N–H and O–H groups in total. The fraction of sp³-hybridized carbons (Fsp3) is 0.462. The molecule has 2 aliphatic rings. The summed E-state index contributed by atoms with van der Waals surface area (Å²) >= 11 is 0. The number of rotatable bonds is 7. The second-order valence-corrected chi connectivity index (χ2v) is 10.4. The van der Waals surface area contributed by atoms with Crippen molar-refractivity contribution < 1.29 is 4.79 Å². The first-order valence-corrected chi connectivity index (χ1v) is 12.5. The van der Waals surface area contributed by atoms with E-state index >= 15 is 0 Å². The number of carbonyl (C=O) groups excluding carboxylic acids is 1. The van der Waals surface area contributed by atoms with E-state index in [1.807, 2.05) is 13.3 Å². The van der Waals surface area contributed by atoms with E-state index in [4.69, 9.17) is 9.97 Å². The third-order valence-electron chi connectivity index (χ3n) is 6.94. The first-order chi connectivity index (χ1) is 17.2. The average Bonchev–Trinajstić information content (AvgIpc) is 3.28. The summed E-state index contributed by atoms with van der Waals surface area (Å²) in [5.41, 5.74) is 3.36. The number of hydrogen-bond acceptors (Lipinski definition) is 8. The molecule has 1 aromatic carbocycles. The molecule has 190 valence electrons. The van der Waals surface area contributed by atoms with Crippen LogP contribution in [0.2, 0.25) is 0 Å². The Hall–Kier alpha value is -3.66. The van der Waals surface area contributed by atoms with Crippen molar-refractivity contribution in [2.24, 2.45) is 0 Å². The number of nitrogens with one attached hydrogen (secondary N) is 2. The van der Waals surface area contributed by atoms with E-state index in [0.717, 1.165) is 43.0 Å². The quantitative estimate of drug-likeness (QED) is 0.490. The Labute approximate surface area is 212 Å². The van der Waals surface area contributed by atoms with Crippen LogP contribution in [0.1, 0.15) is 26.8 Å². The molecule has 0 bridgehead atoms. The standard InChI is InChI=1S/C26H35N9O/c1-6-21(36)31-26(4)15-34(16-26)25-29-23(22-24(30-25)35(17-27-22)18(2)3)28-19-7-9-20(10-8-19)33-13-11-32(5)12-14-33/h6-10,17-18H,1,11-16H2,2-5H3,(H,31,36)(H,28,29,30). The van der Waals surface area contributed by atoms with E-state index < -0.39 is 0 Å². The van der Waals surface area contributed by atoms with E-state index in [2.05, 4.69) is 86.6 Å². The van der Waals surface area contributed by atoms with E-state index in [9.17, 15) is 4.79 Å². The molecule has 0 aliphatic carbocycles. The minimum atomic E-state index is -0.339. The zero-order chi connectivity index (χ0) is 25.4. The summed E-state index contributed by atoms with van der Waals surface area (Å²) in [6.07, 6.45) is 3.12. The van der Waals surface area contributed by atoms with Crippen molar-refractivity contribution >= 4 is 40.2 Å². The maximum Gasteiger partial charge on any atom is 0.243 e. The molecule has 0 atom stereocenters. The molecule has 10 heteroatoms. The molecule has 0 spiro atoms. The van der Waals surface area contributed by atoms with Crippen LogP contribution in [0.15, 0.2) is 43.2 Å². The van der Waals surface area contributed by atoms with Gasteiger partial charge in [0, 0.05) is 56.7 Å². The van der Waals surface area contributed by atoms with Crippen molar-refractivity contribution in [3.8, 4) is 0 Å². The van der Waals surface area contributed by atoms with Crippen LogP contribution in [0.25, 0.3) is 11.2 Å². The molecule has 5 rings (SSSR count). The lowest BCUT2D eigenvalue weighted by atomic mass is 9.92. The van der Waals surface area contributed by atoms with Crippen LogP contribution < -0.4 is 20.4 Å². The second kappa shape index (κ2) is 9.42. The summed E-state index contributed by atoms with van der Waals surface area (Å²) in [4.78, 5) is 33.0. The smallest absolute Gasteiger partial charge is 0.243 e. The molecule has 36 heavy (non-hydrogen) atoms. The lowest BCUT2D eigenvalue weighted by Crippen LogP contribution is -2.69. The van der Waals surface area contributed by atoms with Gasteiger partial charge in [0.05, 0.1) is 11.9 Å². The lowest BCUT2D eigenvalue weighted by Gasteiger charge is -2.48. The number of imidazole rings is 1. The highest BCUT2D eigenvalue weighted by Crippen LogP contribution is 2.31. The van der Waals surface area contributed by atoms with Gasteiger partial charge in [0.15, 0.2) is 17.0 Å². The molecule has 10 nitrogen and oxygen atoms in total. The van der Waals surface area contributed by atoms with Gasteiger partial charge in [-0.25, -0.2) is 4.98 Å². The van der Waals surface area contributed by atoms with Gasteiger partial charge in [0.2, 0.25) is 11.9 Å². The Bertz CT molecular complexity index is 1250. The number of amides is 1. The maximum atomic E-state index is 11.8. The number of hydrogen-bond donors (Lipinski definition) is 2. The van der Waals surface area contributed by atoms with Gasteiger partial charge in [-0.05, 0) is 58.2 Å². The molecule has 0 radical (unpaired) electrons. The van der Waals surface area contributed by atoms with Gasteiger partial charge in [0.25, 0.3) is 0 Å². The lowest BCUT2D eigenvalue weighted by molar-refractivity contribution is -0.118. The largest absolute Gasteiger partial charge is 0.369 e. The molecule has 2 aromatic heterocycles. The number of nitrogens with zero attached hydrogens (tertiary/aromatic N) is 7. The van der Waals surface area contributed by atoms with Gasteiger partial charge in [-0.3, -0.25) is 4.79 Å². The van der Waals surface area contributed by atoms with Gasteiger partial charge >= 0.3 is 0 Å². The number of aromatic nitrogens is 4. The first-order valence-electron chi connectivity index (χ1n) is 12.5. The Kier molecular flexibility index (Phi) is 6.29. The van der Waals surface area contributed by atoms with Gasteiger partial charge in [-0.2, -0.15) is 9.97 Å². The maximum absolute atomic E-state index is 11.8. The summed E-state index contributed by atoms with van der Waals surface area (Å²) in [5.74, 6) is 1.12. The number of benzene rings is 1. The summed E-state index contributed by atoms with van der Waals surface area (Å²) in [6, 6.07) is 8.70. The molecule has 1 amide bonds. The average molecular weight is 490 g/mol. The number of fused-ring (bicyclic) bond motifs is 1. The van der Waals surface area contributed by atoms with Crippen molar-refractivity contribution in [3.05, 3.63) is 43.2 Å². The summed E-state index contributed by atoms with van der Waals surface area (Å²) in [6.45, 7) is 15.2. The first kappa shape index (κ1) is 24.1. The molecule has 0 unspecified atom stereocenters. The van der Waals surface area contributed by atoms with Gasteiger partial charge < -0.3 is 29.9 Å². The highest BCUT2D eigenvalue weighted by Gasteiger charge is 2.41. The number of anilines is 4. The molecular weight excluding hydrogens is 454 g/mol. The van der Waals surface area contributed by atoms with E-state index in [-0.39, 0.29) is 17.5 Å². The van der Waals surface area contributed by atoms with Gasteiger partial charge in [-0.1, -0.05) is 6.58 Å². The van der Waals surface area contributed by atoms with Crippen LogP contribution in [0.4, 0.5) is 23.1 Å². The zero-order valence-electron chi connectivity index (χ0n) is 21.5. The third-order valence-corrected chi connectivity index (χ3v) is 6.94. The van der Waals surface area contributed by atoms with Crippen molar-refractivity contribution in [2.45, 2.75) is 32.4 Å².